The molecule has 1 aliphatic rings. The molecule has 9 heteroatoms. The molecule has 0 radical (unpaired) electrons. The lowest BCUT2D eigenvalue weighted by atomic mass is 10.1. The molecule has 2 aromatic heterocycles. The molecule has 204 valence electrons. The summed E-state index contributed by atoms with van der Waals surface area (Å²) in [6, 6.07) is 12.5. The van der Waals surface area contributed by atoms with Crippen molar-refractivity contribution in [2.24, 2.45) is 0 Å². The van der Waals surface area contributed by atoms with Crippen LogP contribution in [0.15, 0.2) is 42.6 Å². The maximum Gasteiger partial charge on any atom is 0.407 e. The first kappa shape index (κ1) is 27.6. The summed E-state index contributed by atoms with van der Waals surface area (Å²) in [4.78, 5) is 33.3. The number of para-hydroxylation sites is 1. The van der Waals surface area contributed by atoms with E-state index in [-0.39, 0.29) is 6.09 Å². The average Bonchev–Trinajstić information content (AvgIpc) is 2.86. The normalized spacial score (nSPS) is 14.5. The van der Waals surface area contributed by atoms with Crippen molar-refractivity contribution in [1.82, 2.24) is 25.2 Å². The molecule has 38 heavy (non-hydrogen) atoms. The summed E-state index contributed by atoms with van der Waals surface area (Å²) in [7, 11) is 2.16. The molecular weight excluding hydrogens is 478 g/mol. The van der Waals surface area contributed by atoms with E-state index < -0.39 is 5.60 Å². The molecule has 0 bridgehead atoms. The maximum absolute atomic E-state index is 12.0. The Bertz CT molecular complexity index is 1210. The summed E-state index contributed by atoms with van der Waals surface area (Å²) in [5.41, 5.74) is 2.56. The number of ether oxygens (including phenoxy) is 1. The van der Waals surface area contributed by atoms with Crippen molar-refractivity contribution in [1.29, 1.82) is 0 Å². The molecule has 9 nitrogen and oxygen atoms in total. The summed E-state index contributed by atoms with van der Waals surface area (Å²) < 4.78 is 5.35. The Hall–Kier alpha value is -3.46. The monoisotopic (exact) mass is 519 g/mol. The van der Waals surface area contributed by atoms with Crippen molar-refractivity contribution in [2.75, 3.05) is 56.1 Å². The number of hydrogen-bond donors (Lipinski definition) is 1. The molecule has 0 aliphatic carbocycles. The van der Waals surface area contributed by atoms with Gasteiger partial charge in [0.15, 0.2) is 0 Å². The van der Waals surface area contributed by atoms with Gasteiger partial charge in [-0.3, -0.25) is 4.98 Å². The number of benzene rings is 1. The van der Waals surface area contributed by atoms with E-state index in [9.17, 15) is 4.79 Å². The third-order valence-corrected chi connectivity index (χ3v) is 6.53. The highest BCUT2D eigenvalue weighted by atomic mass is 16.6. The van der Waals surface area contributed by atoms with Gasteiger partial charge in [-0.15, -0.1) is 0 Å². The minimum absolute atomic E-state index is 0.375. The Balaban J connectivity index is 1.49. The number of alkyl carbamates (subject to hydrolysis) is 1. The number of fused-ring (bicyclic) bond motifs is 1. The van der Waals surface area contributed by atoms with Gasteiger partial charge in [0.25, 0.3) is 0 Å². The number of hydrogen-bond acceptors (Lipinski definition) is 8. The third kappa shape index (κ3) is 7.77. The van der Waals surface area contributed by atoms with Crippen molar-refractivity contribution in [3.63, 3.8) is 0 Å². The summed E-state index contributed by atoms with van der Waals surface area (Å²) in [5, 5.41) is 3.97. The fraction of sp³-hybridized carbons (Fsp3) is 0.517. The number of aryl methyl sites for hydroxylation is 1. The van der Waals surface area contributed by atoms with Gasteiger partial charge in [0.2, 0.25) is 0 Å². The molecule has 1 aromatic carbocycles. The predicted molar refractivity (Wildman–Crippen MR) is 153 cm³/mol. The molecule has 4 rings (SSSR count). The van der Waals surface area contributed by atoms with Crippen LogP contribution < -0.4 is 15.1 Å². The highest BCUT2D eigenvalue weighted by molar-refractivity contribution is 5.90. The van der Waals surface area contributed by atoms with Crippen LogP contribution in [0.1, 0.15) is 45.1 Å². The fourth-order valence-electron chi connectivity index (χ4n) is 4.65. The summed E-state index contributed by atoms with van der Waals surface area (Å²) in [6.07, 6.45) is 3.20. The Morgan fingerprint density at radius 3 is 2.61 bits per heavy atom. The number of aromatic nitrogens is 3. The zero-order valence-electron chi connectivity index (χ0n) is 23.4. The molecular formula is C29H41N7O2. The lowest BCUT2D eigenvalue weighted by Crippen LogP contribution is -2.45. The molecule has 1 amide bonds. The molecule has 1 aliphatic heterocycles. The average molecular weight is 520 g/mol. The molecule has 1 fully saturated rings. The highest BCUT2D eigenvalue weighted by Crippen LogP contribution is 2.27. The summed E-state index contributed by atoms with van der Waals surface area (Å²) in [6.45, 7) is 13.6. The van der Waals surface area contributed by atoms with Crippen molar-refractivity contribution in [3.8, 4) is 0 Å². The van der Waals surface area contributed by atoms with Crippen molar-refractivity contribution in [3.05, 3.63) is 54.1 Å². The van der Waals surface area contributed by atoms with Crippen LogP contribution in [-0.4, -0.2) is 77.9 Å². The van der Waals surface area contributed by atoms with E-state index in [4.69, 9.17) is 19.7 Å². The van der Waals surface area contributed by atoms with Gasteiger partial charge in [-0.05, 0) is 59.7 Å². The van der Waals surface area contributed by atoms with Crippen LogP contribution in [0, 0.1) is 6.92 Å². The zero-order valence-corrected chi connectivity index (χ0v) is 23.4. The smallest absolute Gasteiger partial charge is 0.407 e. The molecule has 0 atom stereocenters. The first-order chi connectivity index (χ1) is 18.2. The maximum atomic E-state index is 12.0. The summed E-state index contributed by atoms with van der Waals surface area (Å²) in [5.74, 6) is 1.78. The number of amides is 1. The SMILES string of the molecule is Cc1nc(CN(CCCCNC(=O)OC(C)(C)C)c2cccc3cccnc23)cc(N2CCN(C)CC2)n1. The second kappa shape index (κ2) is 12.4. The highest BCUT2D eigenvalue weighted by Gasteiger charge is 2.19. The predicted octanol–water partition coefficient (Wildman–Crippen LogP) is 4.40. The Labute approximate surface area is 226 Å². The van der Waals surface area contributed by atoms with E-state index in [1.165, 1.54) is 0 Å². The van der Waals surface area contributed by atoms with Crippen molar-refractivity contribution < 1.29 is 9.53 Å². The quantitative estimate of drug-likeness (QED) is 0.417. The third-order valence-electron chi connectivity index (χ3n) is 6.53. The number of likely N-dealkylation sites (N-methyl/N-ethyl adjacent to an activating group) is 1. The van der Waals surface area contributed by atoms with Gasteiger partial charge in [-0.25, -0.2) is 14.8 Å². The van der Waals surface area contributed by atoms with Gasteiger partial charge in [0.05, 0.1) is 23.4 Å². The van der Waals surface area contributed by atoms with Crippen LogP contribution in [0.2, 0.25) is 0 Å². The Kier molecular flexibility index (Phi) is 8.99. The number of pyridine rings is 1. The molecule has 0 unspecified atom stereocenters. The number of rotatable bonds is 9. The van der Waals surface area contributed by atoms with E-state index in [0.29, 0.717) is 13.1 Å². The second-order valence-corrected chi connectivity index (χ2v) is 11.0. The van der Waals surface area contributed by atoms with Crippen LogP contribution in [0.3, 0.4) is 0 Å². The van der Waals surface area contributed by atoms with E-state index in [0.717, 1.165) is 79.5 Å². The number of piperazine rings is 1. The van der Waals surface area contributed by atoms with Gasteiger partial charge in [-0.2, -0.15) is 0 Å². The van der Waals surface area contributed by atoms with E-state index in [1.54, 1.807) is 0 Å². The van der Waals surface area contributed by atoms with E-state index in [1.807, 2.05) is 40.0 Å². The first-order valence-electron chi connectivity index (χ1n) is 13.5. The minimum Gasteiger partial charge on any atom is -0.444 e. The van der Waals surface area contributed by atoms with Gasteiger partial charge < -0.3 is 24.8 Å². The molecule has 0 saturated carbocycles. The zero-order chi connectivity index (χ0) is 27.1. The second-order valence-electron chi connectivity index (χ2n) is 11.0. The molecule has 3 aromatic rings. The van der Waals surface area contributed by atoms with Crippen molar-refractivity contribution >= 4 is 28.5 Å². The van der Waals surface area contributed by atoms with Gasteiger partial charge in [0.1, 0.15) is 17.2 Å². The largest absolute Gasteiger partial charge is 0.444 e. The van der Waals surface area contributed by atoms with Crippen LogP contribution in [0.25, 0.3) is 10.9 Å². The first-order valence-corrected chi connectivity index (χ1v) is 13.5. The molecule has 3 heterocycles. The Morgan fingerprint density at radius 1 is 1.08 bits per heavy atom. The summed E-state index contributed by atoms with van der Waals surface area (Å²) >= 11 is 0. The number of anilines is 2. The van der Waals surface area contributed by atoms with Gasteiger partial charge >= 0.3 is 6.09 Å². The minimum atomic E-state index is -0.499. The van der Waals surface area contributed by atoms with E-state index >= 15 is 0 Å². The van der Waals surface area contributed by atoms with Crippen LogP contribution in [0.4, 0.5) is 16.3 Å². The standard InChI is InChI=1S/C29H41N7O2/c1-22-32-24(20-26(33-22)35-18-16-34(5)17-19-35)21-36(15-7-6-13-31-28(37)38-29(2,3)4)25-12-8-10-23-11-9-14-30-27(23)25/h8-12,14,20H,6-7,13,15-19,21H2,1-5H3,(H,31,37). The molecule has 1 N–H and O–H groups in total. The number of unbranched alkanes of at least 4 members (excludes halogenated alkanes) is 1. The van der Waals surface area contributed by atoms with Crippen LogP contribution in [0.5, 0.6) is 0 Å². The number of carbonyl (C=O) groups excluding carboxylic acids is 1. The number of nitrogens with zero attached hydrogens (tertiary/aromatic N) is 6. The van der Waals surface area contributed by atoms with Gasteiger partial charge in [0, 0.05) is 56.9 Å². The number of nitrogens with one attached hydrogen (secondary N) is 1. The topological polar surface area (TPSA) is 86.7 Å². The fourth-order valence-corrected chi connectivity index (χ4v) is 4.65. The number of carbonyl (C=O) groups is 1. The van der Waals surface area contributed by atoms with E-state index in [2.05, 4.69) is 57.4 Å². The Morgan fingerprint density at radius 2 is 1.84 bits per heavy atom. The molecule has 0 spiro atoms. The molecule has 1 saturated heterocycles. The van der Waals surface area contributed by atoms with Crippen LogP contribution in [-0.2, 0) is 11.3 Å². The lowest BCUT2D eigenvalue weighted by molar-refractivity contribution is 0.0527. The van der Waals surface area contributed by atoms with Crippen LogP contribution >= 0.6 is 0 Å². The van der Waals surface area contributed by atoms with Crippen molar-refractivity contribution in [2.45, 2.75) is 52.7 Å². The lowest BCUT2D eigenvalue weighted by Gasteiger charge is -2.33. The van der Waals surface area contributed by atoms with Gasteiger partial charge in [-0.1, -0.05) is 18.2 Å².